The monoisotopic (exact) mass is 660 g/mol. The molecule has 1 fully saturated rings. The van der Waals surface area contributed by atoms with Crippen LogP contribution in [0.1, 0.15) is 75.6 Å². The van der Waals surface area contributed by atoms with Crippen molar-refractivity contribution in [1.29, 1.82) is 0 Å². The molecule has 0 atom stereocenters. The van der Waals surface area contributed by atoms with Crippen molar-refractivity contribution in [3.63, 3.8) is 0 Å². The number of furan rings is 1. The zero-order valence-corrected chi connectivity index (χ0v) is 29.6. The smallest absolute Gasteiger partial charge is 0.456 e. The third-order valence-corrected chi connectivity index (χ3v) is 11.6. The molecule has 252 valence electrons. The highest BCUT2D eigenvalue weighted by Gasteiger charge is 2.51. The Morgan fingerprint density at radius 3 is 1.72 bits per heavy atom. The largest absolute Gasteiger partial charge is 0.494 e. The highest BCUT2D eigenvalue weighted by atomic mass is 16.7. The molecular formula is C44H45BN2O3. The first kappa shape index (κ1) is 31.5. The van der Waals surface area contributed by atoms with Gasteiger partial charge in [-0.2, -0.15) is 0 Å². The third kappa shape index (κ3) is 5.59. The van der Waals surface area contributed by atoms with E-state index in [1.807, 2.05) is 0 Å². The number of nitrogens with zero attached hydrogens (tertiary/aromatic N) is 1. The molecule has 2 heterocycles. The summed E-state index contributed by atoms with van der Waals surface area (Å²) in [5, 5.41) is 5.89. The Morgan fingerprint density at radius 2 is 1.02 bits per heavy atom. The molecule has 2 aliphatic carbocycles. The van der Waals surface area contributed by atoms with Gasteiger partial charge in [0.1, 0.15) is 11.2 Å². The molecule has 0 amide bonds. The van der Waals surface area contributed by atoms with Crippen molar-refractivity contribution < 1.29 is 13.7 Å². The van der Waals surface area contributed by atoms with Gasteiger partial charge in [-0.05, 0) is 180 Å². The molecule has 1 N–H and O–H groups in total. The summed E-state index contributed by atoms with van der Waals surface area (Å²) in [6.07, 6.45) is 9.73. The first-order valence-corrected chi connectivity index (χ1v) is 18.4. The van der Waals surface area contributed by atoms with Crippen molar-refractivity contribution >= 4 is 63.0 Å². The third-order valence-electron chi connectivity index (χ3n) is 11.6. The van der Waals surface area contributed by atoms with Gasteiger partial charge in [-0.1, -0.05) is 24.3 Å². The van der Waals surface area contributed by atoms with Crippen LogP contribution < -0.4 is 15.7 Å². The first-order chi connectivity index (χ1) is 24.2. The van der Waals surface area contributed by atoms with Crippen LogP contribution in [0.15, 0.2) is 101 Å². The van der Waals surface area contributed by atoms with Gasteiger partial charge in [0.05, 0.1) is 11.2 Å². The van der Waals surface area contributed by atoms with Crippen LogP contribution in [0.3, 0.4) is 0 Å². The number of benzene rings is 5. The van der Waals surface area contributed by atoms with E-state index in [0.717, 1.165) is 68.7 Å². The molecule has 3 aliphatic rings. The summed E-state index contributed by atoms with van der Waals surface area (Å²) in [6.45, 7) is 8.40. The number of nitrogens with one attached hydrogen (secondary N) is 1. The average Bonchev–Trinajstić information content (AvgIpc) is 3.59. The van der Waals surface area contributed by atoms with Crippen molar-refractivity contribution in [2.45, 2.75) is 90.3 Å². The standard InChI is InChI=1S/C44H45BN2O3/c1-43(2)44(3,4)50-45(49-43)33-15-20-36(21-16-33)47(37-19-14-30-10-6-8-12-32(30)26-37)38-22-24-42-40(28-38)39-27-35(18-23-41(39)48-42)46-34-17-13-29-9-5-7-11-31(29)25-34/h13-28,46H,5-12H2,1-4H3. The van der Waals surface area contributed by atoms with Crippen LogP contribution >= 0.6 is 0 Å². The lowest BCUT2D eigenvalue weighted by molar-refractivity contribution is 0.00578. The molecular weight excluding hydrogens is 615 g/mol. The van der Waals surface area contributed by atoms with Gasteiger partial charge in [-0.25, -0.2) is 0 Å². The van der Waals surface area contributed by atoms with Crippen LogP contribution in [0.5, 0.6) is 0 Å². The number of aryl methyl sites for hydroxylation is 4. The second kappa shape index (κ2) is 12.1. The van der Waals surface area contributed by atoms with Gasteiger partial charge in [0.25, 0.3) is 0 Å². The van der Waals surface area contributed by atoms with Crippen LogP contribution in [-0.2, 0) is 35.0 Å². The summed E-state index contributed by atoms with van der Waals surface area (Å²) >= 11 is 0. The Kier molecular flexibility index (Phi) is 7.60. The fourth-order valence-electron chi connectivity index (χ4n) is 8.03. The van der Waals surface area contributed by atoms with Crippen LogP contribution in [-0.4, -0.2) is 18.3 Å². The fraction of sp³-hybridized carbons (Fsp3) is 0.318. The first-order valence-electron chi connectivity index (χ1n) is 18.4. The summed E-state index contributed by atoms with van der Waals surface area (Å²) < 4.78 is 19.1. The van der Waals surface area contributed by atoms with E-state index >= 15 is 0 Å². The molecule has 0 spiro atoms. The van der Waals surface area contributed by atoms with Crippen molar-refractivity contribution in [3.8, 4) is 0 Å². The van der Waals surface area contributed by atoms with Crippen LogP contribution in [0.4, 0.5) is 28.4 Å². The maximum absolute atomic E-state index is 6.38. The number of hydrogen-bond acceptors (Lipinski definition) is 5. The molecule has 50 heavy (non-hydrogen) atoms. The second-order valence-electron chi connectivity index (χ2n) is 15.5. The van der Waals surface area contributed by atoms with Crippen LogP contribution in [0.2, 0.25) is 0 Å². The maximum atomic E-state index is 6.38. The van der Waals surface area contributed by atoms with E-state index in [4.69, 9.17) is 13.7 Å². The molecule has 0 radical (unpaired) electrons. The van der Waals surface area contributed by atoms with Gasteiger partial charge < -0.3 is 23.9 Å². The lowest BCUT2D eigenvalue weighted by Gasteiger charge is -2.32. The topological polar surface area (TPSA) is 46.9 Å². The molecule has 9 rings (SSSR count). The molecule has 0 saturated carbocycles. The minimum absolute atomic E-state index is 0.385. The second-order valence-corrected chi connectivity index (χ2v) is 15.5. The van der Waals surface area contributed by atoms with Crippen LogP contribution in [0, 0.1) is 0 Å². The van der Waals surface area contributed by atoms with Gasteiger partial charge in [0.15, 0.2) is 0 Å². The minimum Gasteiger partial charge on any atom is -0.456 e. The van der Waals surface area contributed by atoms with Gasteiger partial charge in [0.2, 0.25) is 0 Å². The highest BCUT2D eigenvalue weighted by Crippen LogP contribution is 2.41. The van der Waals surface area contributed by atoms with E-state index in [0.29, 0.717) is 0 Å². The zero-order valence-electron chi connectivity index (χ0n) is 29.6. The predicted octanol–water partition coefficient (Wildman–Crippen LogP) is 10.9. The Hall–Kier alpha value is -4.52. The minimum atomic E-state index is -0.399. The van der Waals surface area contributed by atoms with Crippen molar-refractivity contribution in [1.82, 2.24) is 0 Å². The van der Waals surface area contributed by atoms with Crippen molar-refractivity contribution in [3.05, 3.63) is 119 Å². The summed E-state index contributed by atoms with van der Waals surface area (Å²) in [5.41, 5.74) is 13.5. The Morgan fingerprint density at radius 1 is 0.520 bits per heavy atom. The summed E-state index contributed by atoms with van der Waals surface area (Å²) in [7, 11) is -0.399. The van der Waals surface area contributed by atoms with E-state index in [1.54, 1.807) is 0 Å². The molecule has 6 aromatic rings. The molecule has 6 heteroatoms. The summed E-state index contributed by atoms with van der Waals surface area (Å²) in [5.74, 6) is 0. The molecule has 1 aliphatic heterocycles. The number of rotatable bonds is 6. The highest BCUT2D eigenvalue weighted by molar-refractivity contribution is 6.62. The van der Waals surface area contributed by atoms with Crippen LogP contribution in [0.25, 0.3) is 21.9 Å². The van der Waals surface area contributed by atoms with Crippen molar-refractivity contribution in [2.24, 2.45) is 0 Å². The molecule has 0 unspecified atom stereocenters. The Balaban J connectivity index is 1.10. The molecule has 1 saturated heterocycles. The fourth-order valence-corrected chi connectivity index (χ4v) is 8.03. The SMILES string of the molecule is CC1(C)OB(c2ccc(N(c3ccc4c(c3)CCCC4)c3ccc4oc5ccc(Nc6ccc7c(c6)CCCC7)cc5c4c3)cc2)OC1(C)C. The van der Waals surface area contributed by atoms with Gasteiger partial charge in [-0.3, -0.25) is 0 Å². The Labute approximate surface area is 295 Å². The lowest BCUT2D eigenvalue weighted by atomic mass is 9.79. The van der Waals surface area contributed by atoms with E-state index < -0.39 is 7.12 Å². The van der Waals surface area contributed by atoms with E-state index in [-0.39, 0.29) is 11.2 Å². The maximum Gasteiger partial charge on any atom is 0.494 e. The van der Waals surface area contributed by atoms with Crippen molar-refractivity contribution in [2.75, 3.05) is 10.2 Å². The number of anilines is 5. The van der Waals surface area contributed by atoms with Gasteiger partial charge in [0, 0.05) is 39.2 Å². The quantitative estimate of drug-likeness (QED) is 0.180. The molecule has 5 nitrogen and oxygen atoms in total. The number of hydrogen-bond donors (Lipinski definition) is 1. The number of fused-ring (bicyclic) bond motifs is 5. The summed E-state index contributed by atoms with van der Waals surface area (Å²) in [4.78, 5) is 2.37. The molecule has 1 aromatic heterocycles. The van der Waals surface area contributed by atoms with E-state index in [2.05, 4.69) is 135 Å². The predicted molar refractivity (Wildman–Crippen MR) is 207 cm³/mol. The molecule has 5 aromatic carbocycles. The lowest BCUT2D eigenvalue weighted by Crippen LogP contribution is -2.41. The van der Waals surface area contributed by atoms with E-state index in [9.17, 15) is 0 Å². The van der Waals surface area contributed by atoms with Gasteiger partial charge in [-0.15, -0.1) is 0 Å². The molecule has 0 bridgehead atoms. The zero-order chi connectivity index (χ0) is 34.0. The summed E-state index contributed by atoms with van der Waals surface area (Å²) in [6, 6.07) is 35.6. The average molecular weight is 661 g/mol. The Bertz CT molecular complexity index is 2220. The van der Waals surface area contributed by atoms with E-state index in [1.165, 1.54) is 60.8 Å². The normalized spacial score (nSPS) is 17.9. The van der Waals surface area contributed by atoms with Gasteiger partial charge >= 0.3 is 7.12 Å².